The van der Waals surface area contributed by atoms with Gasteiger partial charge in [-0.05, 0) is 24.6 Å². The molecule has 0 aliphatic rings. The molecule has 0 fully saturated rings. The molecule has 0 saturated carbocycles. The molecule has 0 bridgehead atoms. The zero-order valence-electron chi connectivity index (χ0n) is 11.4. The highest BCUT2D eigenvalue weighted by Crippen LogP contribution is 2.28. The van der Waals surface area contributed by atoms with Gasteiger partial charge in [0.2, 0.25) is 0 Å². The number of ether oxygens (including phenoxy) is 1. The topological polar surface area (TPSA) is 72.6 Å². The van der Waals surface area contributed by atoms with Gasteiger partial charge >= 0.3 is 0 Å². The smallest absolute Gasteiger partial charge is 0.277 e. The highest BCUT2D eigenvalue weighted by atomic mass is 35.5. The zero-order chi connectivity index (χ0) is 15.4. The van der Waals surface area contributed by atoms with Gasteiger partial charge in [0, 0.05) is 16.7 Å². The Labute approximate surface area is 126 Å². The quantitative estimate of drug-likeness (QED) is 0.676. The molecular formula is C15H14ClNO4. The molecule has 0 aliphatic heterocycles. The number of rotatable bonds is 5. The molecule has 0 heterocycles. The van der Waals surface area contributed by atoms with E-state index in [9.17, 15) is 15.2 Å². The summed E-state index contributed by atoms with van der Waals surface area (Å²) >= 11 is 5.77. The van der Waals surface area contributed by atoms with Crippen LogP contribution in [0.4, 0.5) is 5.69 Å². The third kappa shape index (κ3) is 3.51. The number of hydrogen-bond acceptors (Lipinski definition) is 4. The molecule has 2 aromatic rings. The van der Waals surface area contributed by atoms with Crippen LogP contribution in [0.15, 0.2) is 36.4 Å². The van der Waals surface area contributed by atoms with Crippen LogP contribution in [0.1, 0.15) is 16.7 Å². The summed E-state index contributed by atoms with van der Waals surface area (Å²) in [5.74, 6) is 0.546. The summed E-state index contributed by atoms with van der Waals surface area (Å²) < 4.78 is 5.67. The third-order valence-corrected chi connectivity index (χ3v) is 3.31. The van der Waals surface area contributed by atoms with Crippen molar-refractivity contribution in [2.24, 2.45) is 0 Å². The van der Waals surface area contributed by atoms with Gasteiger partial charge in [-0.15, -0.1) is 0 Å². The van der Waals surface area contributed by atoms with E-state index in [1.165, 1.54) is 6.07 Å². The third-order valence-electron chi connectivity index (χ3n) is 3.08. The number of nitro groups is 1. The van der Waals surface area contributed by atoms with Gasteiger partial charge in [0.15, 0.2) is 0 Å². The number of aliphatic hydroxyl groups is 1. The lowest BCUT2D eigenvalue weighted by Crippen LogP contribution is -2.03. The lowest BCUT2D eigenvalue weighted by atomic mass is 10.1. The van der Waals surface area contributed by atoms with E-state index in [1.54, 1.807) is 18.2 Å². The molecule has 6 heteroatoms. The molecule has 0 atom stereocenters. The van der Waals surface area contributed by atoms with Crippen molar-refractivity contribution in [3.63, 3.8) is 0 Å². The molecule has 0 amide bonds. The molecule has 0 aliphatic carbocycles. The zero-order valence-corrected chi connectivity index (χ0v) is 12.1. The second-order valence-electron chi connectivity index (χ2n) is 4.54. The Hall–Kier alpha value is -2.11. The molecule has 0 saturated heterocycles. The molecule has 2 rings (SSSR count). The first-order valence-corrected chi connectivity index (χ1v) is 6.65. The number of aliphatic hydroxyl groups excluding tert-OH is 1. The summed E-state index contributed by atoms with van der Waals surface area (Å²) in [6, 6.07) is 9.86. The lowest BCUT2D eigenvalue weighted by Gasteiger charge is -2.13. The van der Waals surface area contributed by atoms with Gasteiger partial charge in [0.05, 0.1) is 17.1 Å². The minimum atomic E-state index is -0.491. The van der Waals surface area contributed by atoms with E-state index >= 15 is 0 Å². The molecule has 0 aromatic heterocycles. The van der Waals surface area contributed by atoms with Crippen molar-refractivity contribution in [3.05, 3.63) is 68.2 Å². The fraction of sp³-hybridized carbons (Fsp3) is 0.200. The molecule has 1 N–H and O–H groups in total. The molecule has 110 valence electrons. The Bertz CT molecular complexity index is 673. The molecule has 0 spiro atoms. The summed E-state index contributed by atoms with van der Waals surface area (Å²) in [7, 11) is 0. The van der Waals surface area contributed by atoms with Gasteiger partial charge in [0.1, 0.15) is 12.4 Å². The van der Waals surface area contributed by atoms with Gasteiger partial charge in [-0.2, -0.15) is 0 Å². The summed E-state index contributed by atoms with van der Waals surface area (Å²) in [5.41, 5.74) is 1.85. The predicted molar refractivity (Wildman–Crippen MR) is 79.5 cm³/mol. The van der Waals surface area contributed by atoms with Gasteiger partial charge in [-0.25, -0.2) is 0 Å². The largest absolute Gasteiger partial charge is 0.488 e. The number of nitrogens with zero attached hydrogens (tertiary/aromatic N) is 1. The van der Waals surface area contributed by atoms with Crippen LogP contribution >= 0.6 is 11.6 Å². The monoisotopic (exact) mass is 307 g/mol. The SMILES string of the molecule is Cc1cccc(CO)c1OCc1ccc(Cl)cc1[N+](=O)[O-]. The summed E-state index contributed by atoms with van der Waals surface area (Å²) in [5, 5.41) is 20.6. The lowest BCUT2D eigenvalue weighted by molar-refractivity contribution is -0.385. The number of benzene rings is 2. The number of nitro benzene ring substituents is 1. The van der Waals surface area contributed by atoms with E-state index < -0.39 is 4.92 Å². The summed E-state index contributed by atoms with van der Waals surface area (Å²) in [6.07, 6.45) is 0. The van der Waals surface area contributed by atoms with E-state index in [2.05, 4.69) is 0 Å². The summed E-state index contributed by atoms with van der Waals surface area (Å²) in [6.45, 7) is 1.73. The maximum Gasteiger partial charge on any atom is 0.277 e. The van der Waals surface area contributed by atoms with Gasteiger partial charge in [-0.3, -0.25) is 10.1 Å². The molecular weight excluding hydrogens is 294 g/mol. The molecule has 5 nitrogen and oxygen atoms in total. The van der Waals surface area contributed by atoms with Crippen molar-refractivity contribution in [2.45, 2.75) is 20.1 Å². The minimum absolute atomic E-state index is 0.0331. The van der Waals surface area contributed by atoms with Crippen molar-refractivity contribution in [3.8, 4) is 5.75 Å². The van der Waals surface area contributed by atoms with Crippen LogP contribution in [-0.2, 0) is 13.2 Å². The van der Waals surface area contributed by atoms with E-state index in [1.807, 2.05) is 19.1 Å². The van der Waals surface area contributed by atoms with Crippen LogP contribution in [0.25, 0.3) is 0 Å². The van der Waals surface area contributed by atoms with Gasteiger partial charge in [0.25, 0.3) is 5.69 Å². The van der Waals surface area contributed by atoms with Crippen LogP contribution in [0.3, 0.4) is 0 Å². The number of halogens is 1. The highest BCUT2D eigenvalue weighted by molar-refractivity contribution is 6.30. The van der Waals surface area contributed by atoms with Crippen molar-refractivity contribution in [2.75, 3.05) is 0 Å². The van der Waals surface area contributed by atoms with E-state index in [0.717, 1.165) is 5.56 Å². The standard InChI is InChI=1S/C15H14ClNO4/c1-10-3-2-4-11(8-18)15(10)21-9-12-5-6-13(16)7-14(12)17(19)20/h2-7,18H,8-9H2,1H3. The molecule has 0 unspecified atom stereocenters. The molecule has 0 radical (unpaired) electrons. The maximum absolute atomic E-state index is 11.0. The Morgan fingerprint density at radius 3 is 2.71 bits per heavy atom. The highest BCUT2D eigenvalue weighted by Gasteiger charge is 2.16. The second kappa shape index (κ2) is 6.56. The van der Waals surface area contributed by atoms with Crippen molar-refractivity contribution < 1.29 is 14.8 Å². The number of hydrogen-bond donors (Lipinski definition) is 1. The predicted octanol–water partition coefficient (Wildman–Crippen LogP) is 3.63. The summed E-state index contributed by atoms with van der Waals surface area (Å²) in [4.78, 5) is 10.5. The fourth-order valence-electron chi connectivity index (χ4n) is 2.02. The maximum atomic E-state index is 11.0. The van der Waals surface area contributed by atoms with Crippen LogP contribution in [0, 0.1) is 17.0 Å². The van der Waals surface area contributed by atoms with Gasteiger partial charge in [-0.1, -0.05) is 29.8 Å². The van der Waals surface area contributed by atoms with Crippen molar-refractivity contribution in [1.29, 1.82) is 0 Å². The average Bonchev–Trinajstić information content (AvgIpc) is 2.46. The first-order valence-electron chi connectivity index (χ1n) is 6.28. The van der Waals surface area contributed by atoms with Crippen molar-refractivity contribution in [1.82, 2.24) is 0 Å². The number of para-hydroxylation sites is 1. The van der Waals surface area contributed by atoms with Crippen molar-refractivity contribution >= 4 is 17.3 Å². The van der Waals surface area contributed by atoms with Crippen LogP contribution in [0.2, 0.25) is 5.02 Å². The first kappa shape index (κ1) is 15.3. The van der Waals surface area contributed by atoms with Crippen LogP contribution < -0.4 is 4.74 Å². The van der Waals surface area contributed by atoms with E-state index in [4.69, 9.17) is 16.3 Å². The Morgan fingerprint density at radius 1 is 1.29 bits per heavy atom. The fourth-order valence-corrected chi connectivity index (χ4v) is 2.19. The van der Waals surface area contributed by atoms with Gasteiger partial charge < -0.3 is 9.84 Å². The van der Waals surface area contributed by atoms with Crippen LogP contribution in [-0.4, -0.2) is 10.0 Å². The molecule has 2 aromatic carbocycles. The Balaban J connectivity index is 2.27. The van der Waals surface area contributed by atoms with E-state index in [0.29, 0.717) is 21.9 Å². The van der Waals surface area contributed by atoms with Crippen LogP contribution in [0.5, 0.6) is 5.75 Å². The average molecular weight is 308 g/mol. The second-order valence-corrected chi connectivity index (χ2v) is 4.98. The Morgan fingerprint density at radius 2 is 2.05 bits per heavy atom. The normalized spacial score (nSPS) is 10.4. The minimum Gasteiger partial charge on any atom is -0.488 e. The Kier molecular flexibility index (Phi) is 4.77. The first-order chi connectivity index (χ1) is 10.0. The number of aryl methyl sites for hydroxylation is 1. The molecule has 21 heavy (non-hydrogen) atoms. The van der Waals surface area contributed by atoms with E-state index in [-0.39, 0.29) is 18.9 Å².